The first-order valence-electron chi connectivity index (χ1n) is 47.1. The van der Waals surface area contributed by atoms with Gasteiger partial charge < -0.3 is 88.7 Å². The molecule has 0 aromatic rings. The number of hydrogen-bond acceptors (Lipinski definition) is 24. The average Bonchev–Trinajstić information content (AvgIpc) is 0.755. The third-order valence-electron chi connectivity index (χ3n) is 22.9. The minimum atomic E-state index is -5.81. The van der Waals surface area contributed by atoms with Gasteiger partial charge in [0.05, 0.1) is 13.2 Å². The minimum Gasteiger partial charge on any atom is -0.463 e. The fourth-order valence-electron chi connectivity index (χ4n) is 15.4. The molecule has 10 N–H and O–H groups in total. The molecule has 1 aliphatic carbocycles. The second-order valence-corrected chi connectivity index (χ2v) is 34.9. The van der Waals surface area contributed by atoms with E-state index in [0.717, 1.165) is 141 Å². The van der Waals surface area contributed by atoms with Gasteiger partial charge in [0.15, 0.2) is 24.8 Å². The highest BCUT2D eigenvalue weighted by Gasteiger charge is 2.60. The molecule has 3 aliphatic rings. The van der Waals surface area contributed by atoms with Gasteiger partial charge in [-0.15, -0.1) is 0 Å². The molecule has 0 spiro atoms. The number of aliphatic hydroxyl groups excluding tert-OH is 9. The van der Waals surface area contributed by atoms with E-state index < -0.39 is 162 Å². The Morgan fingerprint density at radius 2 is 0.641 bits per heavy atom. The van der Waals surface area contributed by atoms with Crippen LogP contribution in [0.5, 0.6) is 0 Å². The van der Waals surface area contributed by atoms with Gasteiger partial charge in [0.1, 0.15) is 92.6 Å². The summed E-state index contributed by atoms with van der Waals surface area (Å²) in [5, 5.41) is 102. The van der Waals surface area contributed by atoms with Crippen LogP contribution in [0.2, 0.25) is 0 Å². The molecule has 1 saturated carbocycles. The number of esters is 4. The van der Waals surface area contributed by atoms with Crippen LogP contribution in [0.1, 0.15) is 400 Å². The van der Waals surface area contributed by atoms with Crippen LogP contribution in [0.15, 0.2) is 24.3 Å². The van der Waals surface area contributed by atoms with Gasteiger partial charge in [-0.2, -0.15) is 0 Å². The number of ether oxygens (including phenoxy) is 8. The summed E-state index contributed by atoms with van der Waals surface area (Å²) in [6.07, 6.45) is 30.2. The van der Waals surface area contributed by atoms with Crippen molar-refractivity contribution in [2.75, 3.05) is 26.4 Å². The molecule has 2 heterocycles. The normalized spacial score (nSPS) is 25.1. The van der Waals surface area contributed by atoms with Gasteiger partial charge in [0, 0.05) is 25.7 Å². The first kappa shape index (κ1) is 108. The number of unbranched alkanes of at least 4 members (excludes halogenated alkanes) is 48. The van der Waals surface area contributed by atoms with Gasteiger partial charge >= 0.3 is 31.7 Å². The number of phosphoric ester groups is 1. The number of rotatable bonds is 76. The molecule has 0 aromatic heterocycles. The highest BCUT2D eigenvalue weighted by Crippen LogP contribution is 2.49. The van der Waals surface area contributed by atoms with E-state index in [4.69, 9.17) is 46.9 Å². The van der Waals surface area contributed by atoms with Crippen molar-refractivity contribution >= 4 is 31.7 Å². The Labute approximate surface area is 704 Å². The number of aliphatic hydroxyl groups is 9. The van der Waals surface area contributed by atoms with Crippen molar-refractivity contribution < 1.29 is 122 Å². The number of allylic oxidation sites excluding steroid dienone is 4. The maximum atomic E-state index is 14.9. The van der Waals surface area contributed by atoms with Gasteiger partial charge in [-0.3, -0.25) is 28.2 Å². The van der Waals surface area contributed by atoms with Crippen LogP contribution >= 0.6 is 7.82 Å². The number of carbonyl (C=O) groups excluding carboxylic acids is 4. The van der Waals surface area contributed by atoms with E-state index >= 15 is 0 Å². The van der Waals surface area contributed by atoms with Crippen molar-refractivity contribution in [2.24, 2.45) is 0 Å². The van der Waals surface area contributed by atoms with Crippen LogP contribution in [-0.2, 0) is 70.7 Å². The monoisotopic (exact) mass is 1690 g/mol. The molecule has 18 atom stereocenters. The zero-order valence-electron chi connectivity index (χ0n) is 73.0. The Hall–Kier alpha value is -3.05. The molecule has 0 radical (unpaired) electrons. The highest BCUT2D eigenvalue weighted by atomic mass is 31.2. The van der Waals surface area contributed by atoms with Crippen molar-refractivity contribution in [3.63, 3.8) is 0 Å². The molecule has 2 saturated heterocycles. The highest BCUT2D eigenvalue weighted by molar-refractivity contribution is 7.47. The molecule has 117 heavy (non-hydrogen) atoms. The lowest BCUT2D eigenvalue weighted by molar-refractivity contribution is -0.360. The summed E-state index contributed by atoms with van der Waals surface area (Å²) in [6.45, 7) is 5.58. The maximum Gasteiger partial charge on any atom is 0.472 e. The van der Waals surface area contributed by atoms with Crippen LogP contribution in [0.3, 0.4) is 0 Å². The smallest absolute Gasteiger partial charge is 0.463 e. The van der Waals surface area contributed by atoms with Gasteiger partial charge in [-0.25, -0.2) is 4.57 Å². The fourth-order valence-corrected chi connectivity index (χ4v) is 16.4. The first-order valence-corrected chi connectivity index (χ1v) is 48.6. The number of phosphoric acid groups is 1. The quantitative estimate of drug-likeness (QED) is 0.00889. The summed E-state index contributed by atoms with van der Waals surface area (Å²) < 4.78 is 73.4. The van der Waals surface area contributed by atoms with Gasteiger partial charge in [0.2, 0.25) is 0 Å². The Kier molecular flexibility index (Phi) is 64.9. The molecule has 18 unspecified atom stereocenters. The van der Waals surface area contributed by atoms with Crippen LogP contribution in [-0.4, -0.2) is 205 Å². The summed E-state index contributed by atoms with van der Waals surface area (Å²) in [7, 11) is -5.81. The van der Waals surface area contributed by atoms with E-state index in [2.05, 4.69) is 52.0 Å². The van der Waals surface area contributed by atoms with Crippen LogP contribution in [0, 0.1) is 0 Å². The lowest BCUT2D eigenvalue weighted by Gasteiger charge is -2.50. The molecule has 0 bridgehead atoms. The molecule has 25 nitrogen and oxygen atoms in total. The van der Waals surface area contributed by atoms with E-state index in [1.54, 1.807) is 0 Å². The van der Waals surface area contributed by atoms with Crippen molar-refractivity contribution in [2.45, 2.75) is 504 Å². The third kappa shape index (κ3) is 50.5. The van der Waals surface area contributed by atoms with Gasteiger partial charge in [0.25, 0.3) is 0 Å². The molecular weight excluding hydrogens is 1520 g/mol. The summed E-state index contributed by atoms with van der Waals surface area (Å²) in [4.78, 5) is 66.4. The fraction of sp³-hybridized carbons (Fsp3) is 0.912. The van der Waals surface area contributed by atoms with Crippen LogP contribution in [0.25, 0.3) is 0 Å². The van der Waals surface area contributed by atoms with E-state index in [1.807, 2.05) is 0 Å². The zero-order valence-corrected chi connectivity index (χ0v) is 73.9. The molecule has 26 heteroatoms. The second kappa shape index (κ2) is 70.3. The maximum absolute atomic E-state index is 14.9. The Bertz CT molecular complexity index is 2530. The molecule has 686 valence electrons. The van der Waals surface area contributed by atoms with Gasteiger partial charge in [-0.05, 0) is 77.0 Å². The topological polar surface area (TPSA) is 380 Å². The second-order valence-electron chi connectivity index (χ2n) is 33.5. The SMILES string of the molecule is CCCCCC/C=C\CCCCCCCCCC(=O)OCC(COP(=O)(O)OC1C(OC2OC(CO)C(O)C(O)C2O)C(O)C(O)C(OC(=O)CCCCCCCCCCCCCCCCC)C1OC1OC(COC(=O)CCCCC/C=C\CCCCCCCC)C(O)C(O)C1O)OC(=O)CCCCCCCCCCCCCCCCC. The van der Waals surface area contributed by atoms with E-state index in [1.165, 1.54) is 167 Å². The summed E-state index contributed by atoms with van der Waals surface area (Å²) in [6, 6.07) is 0. The predicted octanol–water partition coefficient (Wildman–Crippen LogP) is 17.3. The molecule has 3 fully saturated rings. The molecular formula is C91H167O25P. The lowest BCUT2D eigenvalue weighted by Crippen LogP contribution is -2.70. The molecule has 3 rings (SSSR count). The van der Waals surface area contributed by atoms with Gasteiger partial charge in [-0.1, -0.05) is 322 Å². The van der Waals surface area contributed by atoms with E-state index in [0.29, 0.717) is 38.5 Å². The molecule has 0 aromatic carbocycles. The minimum absolute atomic E-state index is 0.00544. The Balaban J connectivity index is 1.92. The van der Waals surface area contributed by atoms with E-state index in [9.17, 15) is 74.6 Å². The predicted molar refractivity (Wildman–Crippen MR) is 453 cm³/mol. The Morgan fingerprint density at radius 1 is 0.333 bits per heavy atom. The number of carbonyl (C=O) groups is 4. The lowest BCUT2D eigenvalue weighted by atomic mass is 9.84. The van der Waals surface area contributed by atoms with Crippen molar-refractivity contribution in [3.8, 4) is 0 Å². The molecule has 0 amide bonds. The van der Waals surface area contributed by atoms with E-state index in [-0.39, 0.29) is 25.7 Å². The Morgan fingerprint density at radius 3 is 1.03 bits per heavy atom. The third-order valence-corrected chi connectivity index (χ3v) is 23.9. The zero-order chi connectivity index (χ0) is 85.4. The van der Waals surface area contributed by atoms with Crippen molar-refractivity contribution in [1.29, 1.82) is 0 Å². The summed E-state index contributed by atoms with van der Waals surface area (Å²) >= 11 is 0. The van der Waals surface area contributed by atoms with Crippen LogP contribution in [0.4, 0.5) is 0 Å². The first-order chi connectivity index (χ1) is 56.7. The summed E-state index contributed by atoms with van der Waals surface area (Å²) in [5.74, 6) is -2.98. The molecule has 2 aliphatic heterocycles. The van der Waals surface area contributed by atoms with Crippen molar-refractivity contribution in [3.05, 3.63) is 24.3 Å². The largest absolute Gasteiger partial charge is 0.472 e. The van der Waals surface area contributed by atoms with Crippen LogP contribution < -0.4 is 0 Å². The number of hydrogen-bond donors (Lipinski definition) is 10. The van der Waals surface area contributed by atoms with Crippen molar-refractivity contribution in [1.82, 2.24) is 0 Å². The summed E-state index contributed by atoms with van der Waals surface area (Å²) in [5.41, 5.74) is 0. The average molecular weight is 1690 g/mol. The standard InChI is InChI=1S/C91H167O25P/c1-5-9-13-17-21-25-29-33-36-40-44-47-51-55-59-63-74(93)107-68-71(110-76(95)65-61-57-53-49-45-41-37-34-30-26-22-18-14-10-6-2)69-109-117(105,106)116-89-87(114-90-84(103)80(99)78(97)72(67-92)111-90)83(102)82(101)86(113-77(96)66-62-58-54-50-46-42-38-35-31-27-23-19-15-11-7-3)88(89)115-91-85(104)81(100)79(98)73(112-91)70-108-75(94)64-60-56-52-48-43-39-32-28-24-20-16-12-8-4/h25,29,39,43,71-73,78-92,97-104H,5-24,26-28,30-38,40-42,44-70H2,1-4H3,(H,105,106)/b29-25-,43-39-.